The van der Waals surface area contributed by atoms with Gasteiger partial charge in [0.05, 0.1) is 11.1 Å². The number of rotatable bonds is 3. The Morgan fingerprint density at radius 1 is 1.29 bits per heavy atom. The van der Waals surface area contributed by atoms with E-state index in [2.05, 4.69) is 10.2 Å². The van der Waals surface area contributed by atoms with E-state index in [1.807, 2.05) is 0 Å². The van der Waals surface area contributed by atoms with E-state index in [1.165, 1.54) is 18.3 Å². The molecule has 7 heteroatoms. The molecule has 1 atom stereocenters. The Morgan fingerprint density at radius 2 is 1.94 bits per heavy atom. The average molecular weight is 269 g/mol. The molecule has 1 unspecified atom stereocenters. The Morgan fingerprint density at radius 3 is 2.53 bits per heavy atom. The number of azo groups is 1. The van der Waals surface area contributed by atoms with Gasteiger partial charge >= 0.3 is 0 Å². The fourth-order valence-electron chi connectivity index (χ4n) is 1.44. The van der Waals surface area contributed by atoms with Gasteiger partial charge in [0.1, 0.15) is 4.91 Å². The Labute approximate surface area is 104 Å². The van der Waals surface area contributed by atoms with Crippen LogP contribution >= 0.6 is 11.8 Å². The zero-order valence-electron chi connectivity index (χ0n) is 9.07. The maximum absolute atomic E-state index is 12.3. The predicted molar refractivity (Wildman–Crippen MR) is 67.0 cm³/mol. The van der Waals surface area contributed by atoms with E-state index in [0.29, 0.717) is 0 Å². The lowest BCUT2D eigenvalue weighted by atomic mass is 10.4. The number of nitrogens with two attached hydrogens (primary N) is 1. The summed E-state index contributed by atoms with van der Waals surface area (Å²) >= 11 is 1.13. The molecule has 1 aliphatic rings. The second-order valence-corrected chi connectivity index (χ2v) is 6.37. The molecule has 1 aliphatic heterocycles. The van der Waals surface area contributed by atoms with E-state index in [9.17, 15) is 8.42 Å². The smallest absolute Gasteiger partial charge is 0.214 e. The Kier molecular flexibility index (Phi) is 3.07. The van der Waals surface area contributed by atoms with Crippen LogP contribution in [0.2, 0.25) is 0 Å². The van der Waals surface area contributed by atoms with Gasteiger partial charge in [-0.15, -0.1) is 16.9 Å². The average Bonchev–Trinajstić information content (AvgIpc) is 2.74. The number of thioether (sulfide) groups is 1. The van der Waals surface area contributed by atoms with Crippen molar-refractivity contribution >= 4 is 21.6 Å². The van der Waals surface area contributed by atoms with Crippen molar-refractivity contribution in [3.63, 3.8) is 0 Å². The van der Waals surface area contributed by atoms with Gasteiger partial charge in [0.25, 0.3) is 0 Å². The number of hydrogen-bond acceptors (Lipinski definition) is 6. The highest BCUT2D eigenvalue weighted by Gasteiger charge is 2.41. The molecule has 0 amide bonds. The van der Waals surface area contributed by atoms with Crippen molar-refractivity contribution < 1.29 is 8.42 Å². The Hall–Kier alpha value is -1.18. The van der Waals surface area contributed by atoms with E-state index in [4.69, 9.17) is 5.73 Å². The summed E-state index contributed by atoms with van der Waals surface area (Å²) in [6, 6.07) is 8.12. The number of sulfone groups is 1. The maximum Gasteiger partial charge on any atom is 0.214 e. The predicted octanol–water partition coefficient (Wildman–Crippen LogP) is 1.74. The van der Waals surface area contributed by atoms with Crippen LogP contribution in [0.15, 0.2) is 56.6 Å². The summed E-state index contributed by atoms with van der Waals surface area (Å²) in [4.78, 5) is -1.10. The van der Waals surface area contributed by atoms with Crippen LogP contribution in [0.25, 0.3) is 0 Å². The lowest BCUT2D eigenvalue weighted by Crippen LogP contribution is -2.37. The standard InChI is InChI=1S/C10H11N3O2S2/c1-16-10(11)9(7-12-13-10)17(14,15)8-5-3-2-4-6-8/h2-7H,11H2,1H3. The molecule has 2 rings (SSSR count). The highest BCUT2D eigenvalue weighted by molar-refractivity contribution is 8.02. The first kappa shape index (κ1) is 12.3. The Bertz CT molecular complexity index is 581. The van der Waals surface area contributed by atoms with Crippen molar-refractivity contribution in [2.24, 2.45) is 16.0 Å². The van der Waals surface area contributed by atoms with Crippen LogP contribution in [-0.4, -0.2) is 19.7 Å². The molecule has 1 aromatic rings. The second-order valence-electron chi connectivity index (χ2n) is 3.43. The minimum absolute atomic E-state index is 0.0173. The first-order chi connectivity index (χ1) is 8.00. The third-order valence-corrected chi connectivity index (χ3v) is 5.33. The molecule has 0 spiro atoms. The van der Waals surface area contributed by atoms with Crippen LogP contribution in [0.5, 0.6) is 0 Å². The van der Waals surface area contributed by atoms with Gasteiger partial charge in [0, 0.05) is 0 Å². The van der Waals surface area contributed by atoms with Crippen LogP contribution < -0.4 is 5.73 Å². The highest BCUT2D eigenvalue weighted by Crippen LogP contribution is 2.37. The zero-order valence-corrected chi connectivity index (χ0v) is 10.7. The van der Waals surface area contributed by atoms with Crippen molar-refractivity contribution in [3.05, 3.63) is 41.4 Å². The molecule has 0 saturated carbocycles. The van der Waals surface area contributed by atoms with Crippen molar-refractivity contribution in [2.75, 3.05) is 6.26 Å². The number of hydrogen-bond donors (Lipinski definition) is 1. The van der Waals surface area contributed by atoms with E-state index in [1.54, 1.807) is 24.5 Å². The first-order valence-corrected chi connectivity index (χ1v) is 7.48. The molecule has 5 nitrogen and oxygen atoms in total. The first-order valence-electron chi connectivity index (χ1n) is 4.77. The lowest BCUT2D eigenvalue weighted by Gasteiger charge is -2.20. The maximum atomic E-state index is 12.3. The zero-order chi connectivity index (χ0) is 12.5. The van der Waals surface area contributed by atoms with Crippen molar-refractivity contribution in [2.45, 2.75) is 9.89 Å². The molecule has 0 radical (unpaired) electrons. The molecule has 0 aliphatic carbocycles. The fraction of sp³-hybridized carbons (Fsp3) is 0.200. The molecule has 0 saturated heterocycles. The van der Waals surface area contributed by atoms with E-state index in [0.717, 1.165) is 11.8 Å². The van der Waals surface area contributed by atoms with Crippen LogP contribution in [0.3, 0.4) is 0 Å². The van der Waals surface area contributed by atoms with Gasteiger partial charge in [-0.05, 0) is 18.4 Å². The summed E-state index contributed by atoms with van der Waals surface area (Å²) in [7, 11) is -3.63. The second kappa shape index (κ2) is 4.25. The van der Waals surface area contributed by atoms with E-state index >= 15 is 0 Å². The van der Waals surface area contributed by atoms with Gasteiger partial charge in [-0.25, -0.2) is 8.42 Å². The molecular formula is C10H11N3O2S2. The normalized spacial score (nSPS) is 23.8. The fourth-order valence-corrected chi connectivity index (χ4v) is 3.78. The SMILES string of the molecule is CSC1(N)N=NC=C1S(=O)(=O)c1ccccc1. The third kappa shape index (κ3) is 2.01. The topological polar surface area (TPSA) is 84.9 Å². The van der Waals surface area contributed by atoms with Crippen LogP contribution in [0, 0.1) is 0 Å². The van der Waals surface area contributed by atoms with Gasteiger partial charge in [0.15, 0.2) is 0 Å². The molecule has 90 valence electrons. The minimum Gasteiger partial charge on any atom is -0.292 e. The summed E-state index contributed by atoms with van der Waals surface area (Å²) in [6.45, 7) is 0. The lowest BCUT2D eigenvalue weighted by molar-refractivity contribution is 0.596. The molecule has 0 bridgehead atoms. The quantitative estimate of drug-likeness (QED) is 0.847. The molecule has 17 heavy (non-hydrogen) atoms. The molecule has 0 aromatic heterocycles. The summed E-state index contributed by atoms with van der Waals surface area (Å²) in [5, 5.41) is 7.37. The van der Waals surface area contributed by atoms with Gasteiger partial charge in [-0.3, -0.25) is 5.73 Å². The monoisotopic (exact) mass is 269 g/mol. The molecule has 1 aromatic carbocycles. The van der Waals surface area contributed by atoms with Crippen molar-refractivity contribution in [1.29, 1.82) is 0 Å². The molecule has 2 N–H and O–H groups in total. The summed E-state index contributed by atoms with van der Waals surface area (Å²) in [6.07, 6.45) is 2.90. The van der Waals surface area contributed by atoms with Crippen molar-refractivity contribution in [1.82, 2.24) is 0 Å². The van der Waals surface area contributed by atoms with E-state index < -0.39 is 14.8 Å². The minimum atomic E-state index is -3.63. The molecular weight excluding hydrogens is 258 g/mol. The van der Waals surface area contributed by atoms with Crippen LogP contribution in [0.1, 0.15) is 0 Å². The molecule has 1 heterocycles. The van der Waals surface area contributed by atoms with Gasteiger partial charge in [-0.2, -0.15) is 5.11 Å². The summed E-state index contributed by atoms with van der Waals surface area (Å²) in [5.74, 6) is 0. The van der Waals surface area contributed by atoms with Gasteiger partial charge < -0.3 is 0 Å². The van der Waals surface area contributed by atoms with Gasteiger partial charge in [-0.1, -0.05) is 18.2 Å². The summed E-state index contributed by atoms with van der Waals surface area (Å²) < 4.78 is 24.7. The number of benzene rings is 1. The van der Waals surface area contributed by atoms with Crippen LogP contribution in [0.4, 0.5) is 0 Å². The highest BCUT2D eigenvalue weighted by atomic mass is 32.2. The van der Waals surface area contributed by atoms with Gasteiger partial charge in [0.2, 0.25) is 14.8 Å². The van der Waals surface area contributed by atoms with Crippen molar-refractivity contribution in [3.8, 4) is 0 Å². The third-order valence-electron chi connectivity index (χ3n) is 2.39. The molecule has 0 fully saturated rings. The number of nitrogens with zero attached hydrogens (tertiary/aromatic N) is 2. The van der Waals surface area contributed by atoms with Crippen LogP contribution in [-0.2, 0) is 9.84 Å². The summed E-state index contributed by atoms with van der Waals surface area (Å²) in [5.41, 5.74) is 5.88. The largest absolute Gasteiger partial charge is 0.292 e. The Balaban J connectivity index is 2.50. The van der Waals surface area contributed by atoms with E-state index in [-0.39, 0.29) is 9.80 Å².